The van der Waals surface area contributed by atoms with Crippen molar-refractivity contribution in [1.29, 1.82) is 0 Å². The minimum Gasteiger partial charge on any atom is -0.459 e. The van der Waals surface area contributed by atoms with Crippen molar-refractivity contribution in [2.24, 2.45) is 11.7 Å². The third-order valence-electron chi connectivity index (χ3n) is 4.63. The second-order valence-corrected chi connectivity index (χ2v) is 8.53. The molecule has 0 saturated heterocycles. The van der Waals surface area contributed by atoms with Crippen LogP contribution in [0.15, 0.2) is 42.9 Å². The first kappa shape index (κ1) is 25.1. The Kier molecular flexibility index (Phi) is 9.39. The van der Waals surface area contributed by atoms with Crippen LogP contribution in [0.4, 0.5) is 0 Å². The third kappa shape index (κ3) is 8.50. The molecule has 1 aromatic carbocycles. The predicted molar refractivity (Wildman–Crippen MR) is 118 cm³/mol. The van der Waals surface area contributed by atoms with Gasteiger partial charge in [0.25, 0.3) is 5.91 Å². The van der Waals surface area contributed by atoms with Gasteiger partial charge in [0, 0.05) is 18.3 Å². The lowest BCUT2D eigenvalue weighted by atomic mass is 9.93. The molecule has 1 amide bonds. The zero-order valence-corrected chi connectivity index (χ0v) is 18.8. The average molecular weight is 445 g/mol. The van der Waals surface area contributed by atoms with Gasteiger partial charge in [-0.05, 0) is 45.6 Å². The van der Waals surface area contributed by atoms with E-state index in [-0.39, 0.29) is 6.42 Å². The number of amides is 1. The Morgan fingerprint density at radius 3 is 2.47 bits per heavy atom. The van der Waals surface area contributed by atoms with Crippen LogP contribution >= 0.6 is 0 Å². The molecule has 1 aromatic heterocycles. The van der Waals surface area contributed by atoms with Gasteiger partial charge < -0.3 is 20.3 Å². The summed E-state index contributed by atoms with van der Waals surface area (Å²) >= 11 is 0. The number of unbranched alkanes of at least 4 members (excludes halogenated alkanes) is 2. The molecule has 0 aliphatic carbocycles. The molecular formula is C23H32N4O5. The number of aromatic nitrogens is 2. The highest BCUT2D eigenvalue weighted by atomic mass is 16.7. The van der Waals surface area contributed by atoms with Gasteiger partial charge in [-0.2, -0.15) is 5.48 Å². The third-order valence-corrected chi connectivity index (χ3v) is 4.63. The van der Waals surface area contributed by atoms with Crippen molar-refractivity contribution in [2.75, 3.05) is 0 Å². The predicted octanol–water partition coefficient (Wildman–Crippen LogP) is 2.74. The first-order valence-electron chi connectivity index (χ1n) is 10.7. The van der Waals surface area contributed by atoms with E-state index in [4.69, 9.17) is 15.3 Å². The summed E-state index contributed by atoms with van der Waals surface area (Å²) in [5, 5.41) is 0. The lowest BCUT2D eigenvalue weighted by Gasteiger charge is -2.26. The normalized spacial score (nSPS) is 13.1. The number of rotatable bonds is 10. The number of hydrogen-bond donors (Lipinski definition) is 3. The fourth-order valence-electron chi connectivity index (χ4n) is 3.05. The fourth-order valence-corrected chi connectivity index (χ4v) is 3.05. The highest BCUT2D eigenvalue weighted by molar-refractivity contribution is 5.98. The minimum absolute atomic E-state index is 0.144. The standard InChI is InChI=1S/C23H32N4O5/c1-23(2,3)31-22(30)19(20(24)16-10-6-4-7-11-16)21(29)27-32-18(28)13-9-5-8-12-17-14-25-15-26-17/h4,6-7,10-11,14-15,19-20H,5,8-9,12-13,24H2,1-3H3,(H,25,26)(H,27,29)/t19-,20-/m0/s1. The van der Waals surface area contributed by atoms with E-state index in [1.54, 1.807) is 63.6 Å². The molecule has 0 fully saturated rings. The number of imidazole rings is 1. The Morgan fingerprint density at radius 2 is 1.84 bits per heavy atom. The van der Waals surface area contributed by atoms with Gasteiger partial charge >= 0.3 is 11.9 Å². The molecule has 0 aliphatic rings. The Morgan fingerprint density at radius 1 is 1.12 bits per heavy atom. The summed E-state index contributed by atoms with van der Waals surface area (Å²) in [5.74, 6) is -3.58. The number of hydroxylamine groups is 1. The number of hydrogen-bond acceptors (Lipinski definition) is 7. The van der Waals surface area contributed by atoms with Gasteiger partial charge in [-0.25, -0.2) is 9.78 Å². The number of aromatic amines is 1. The summed E-state index contributed by atoms with van der Waals surface area (Å²) in [6, 6.07) is 7.77. The smallest absolute Gasteiger partial charge is 0.332 e. The molecule has 0 radical (unpaired) electrons. The SMILES string of the molecule is CC(C)(C)OC(=O)[C@H](C(=O)NOC(=O)CCCCCc1cnc[nH]1)[C@@H](N)c1ccccc1. The molecule has 0 spiro atoms. The van der Waals surface area contributed by atoms with Crippen LogP contribution in [0.5, 0.6) is 0 Å². The number of nitrogens with zero attached hydrogens (tertiary/aromatic N) is 1. The number of H-pyrrole nitrogens is 1. The summed E-state index contributed by atoms with van der Waals surface area (Å²) in [4.78, 5) is 49.3. The number of nitrogens with one attached hydrogen (secondary N) is 2. The van der Waals surface area contributed by atoms with Crippen LogP contribution in [-0.2, 0) is 30.4 Å². The lowest BCUT2D eigenvalue weighted by Crippen LogP contribution is -2.45. The Bertz CT molecular complexity index is 862. The van der Waals surface area contributed by atoms with E-state index in [9.17, 15) is 14.4 Å². The molecule has 0 bridgehead atoms. The van der Waals surface area contributed by atoms with E-state index < -0.39 is 35.4 Å². The van der Waals surface area contributed by atoms with Gasteiger partial charge in [-0.15, -0.1) is 0 Å². The number of carbonyl (C=O) groups excluding carboxylic acids is 3. The first-order valence-corrected chi connectivity index (χ1v) is 10.7. The number of carbonyl (C=O) groups is 3. The first-order chi connectivity index (χ1) is 15.2. The van der Waals surface area contributed by atoms with E-state index in [0.29, 0.717) is 12.0 Å². The molecule has 2 atom stereocenters. The maximum absolute atomic E-state index is 12.7. The highest BCUT2D eigenvalue weighted by Crippen LogP contribution is 2.23. The highest BCUT2D eigenvalue weighted by Gasteiger charge is 2.37. The molecule has 2 aromatic rings. The number of ether oxygens (including phenoxy) is 1. The van der Waals surface area contributed by atoms with Crippen molar-refractivity contribution in [2.45, 2.75) is 64.5 Å². The van der Waals surface area contributed by atoms with Gasteiger partial charge in [-0.3, -0.25) is 9.59 Å². The topological polar surface area (TPSA) is 136 Å². The molecule has 0 saturated carbocycles. The molecule has 9 nitrogen and oxygen atoms in total. The van der Waals surface area contributed by atoms with Crippen molar-refractivity contribution in [3.8, 4) is 0 Å². The van der Waals surface area contributed by atoms with E-state index in [2.05, 4.69) is 15.4 Å². The van der Waals surface area contributed by atoms with Gasteiger partial charge in [0.05, 0.1) is 12.4 Å². The zero-order valence-electron chi connectivity index (χ0n) is 18.8. The van der Waals surface area contributed by atoms with Gasteiger partial charge in [0.1, 0.15) is 5.60 Å². The molecule has 1 heterocycles. The average Bonchev–Trinajstić information content (AvgIpc) is 3.25. The van der Waals surface area contributed by atoms with E-state index in [1.165, 1.54) is 0 Å². The molecule has 0 aliphatic heterocycles. The fraction of sp³-hybridized carbons (Fsp3) is 0.478. The van der Waals surface area contributed by atoms with Crippen molar-refractivity contribution in [3.05, 3.63) is 54.1 Å². The van der Waals surface area contributed by atoms with Crippen LogP contribution in [0.3, 0.4) is 0 Å². The number of benzene rings is 1. The van der Waals surface area contributed by atoms with Crippen LogP contribution in [-0.4, -0.2) is 33.4 Å². The number of aryl methyl sites for hydroxylation is 1. The number of esters is 1. The molecule has 4 N–H and O–H groups in total. The summed E-state index contributed by atoms with van der Waals surface area (Å²) in [6.45, 7) is 5.08. The Hall–Kier alpha value is -3.20. The van der Waals surface area contributed by atoms with Crippen LogP contribution in [0.1, 0.15) is 63.8 Å². The Labute approximate surface area is 188 Å². The minimum atomic E-state index is -1.38. The summed E-state index contributed by atoms with van der Waals surface area (Å²) in [5.41, 5.74) is 9.11. The monoisotopic (exact) mass is 444 g/mol. The van der Waals surface area contributed by atoms with E-state index >= 15 is 0 Å². The second-order valence-electron chi connectivity index (χ2n) is 8.53. The Balaban J connectivity index is 1.86. The van der Waals surface area contributed by atoms with Crippen molar-refractivity contribution in [1.82, 2.24) is 15.4 Å². The van der Waals surface area contributed by atoms with Crippen LogP contribution < -0.4 is 11.2 Å². The maximum Gasteiger partial charge on any atom is 0.332 e. The lowest BCUT2D eigenvalue weighted by molar-refractivity contribution is -0.170. The number of nitrogens with two attached hydrogens (primary N) is 1. The molecule has 0 unspecified atom stereocenters. The summed E-state index contributed by atoms with van der Waals surface area (Å²) in [6.07, 6.45) is 6.72. The molecule has 174 valence electrons. The van der Waals surface area contributed by atoms with Gasteiger partial charge in [0.2, 0.25) is 0 Å². The summed E-state index contributed by atoms with van der Waals surface area (Å²) in [7, 11) is 0. The van der Waals surface area contributed by atoms with Crippen molar-refractivity contribution >= 4 is 17.8 Å². The van der Waals surface area contributed by atoms with Crippen molar-refractivity contribution < 1.29 is 24.0 Å². The largest absolute Gasteiger partial charge is 0.459 e. The molecular weight excluding hydrogens is 412 g/mol. The van der Waals surface area contributed by atoms with Gasteiger partial charge in [-0.1, -0.05) is 36.8 Å². The summed E-state index contributed by atoms with van der Waals surface area (Å²) < 4.78 is 5.37. The van der Waals surface area contributed by atoms with E-state index in [1.807, 2.05) is 0 Å². The maximum atomic E-state index is 12.7. The zero-order chi connectivity index (χ0) is 23.6. The van der Waals surface area contributed by atoms with Crippen LogP contribution in [0.25, 0.3) is 0 Å². The quantitative estimate of drug-likeness (QED) is 0.222. The molecule has 32 heavy (non-hydrogen) atoms. The second kappa shape index (κ2) is 12.0. The van der Waals surface area contributed by atoms with Crippen molar-refractivity contribution in [3.63, 3.8) is 0 Å². The van der Waals surface area contributed by atoms with Crippen LogP contribution in [0, 0.1) is 5.92 Å². The van der Waals surface area contributed by atoms with Gasteiger partial charge in [0.15, 0.2) is 5.92 Å². The molecule has 2 rings (SSSR count). The van der Waals surface area contributed by atoms with Crippen LogP contribution in [0.2, 0.25) is 0 Å². The van der Waals surface area contributed by atoms with E-state index in [0.717, 1.165) is 25.0 Å². The molecule has 9 heteroatoms.